The van der Waals surface area contributed by atoms with Gasteiger partial charge in [0.05, 0.1) is 6.26 Å². The van der Waals surface area contributed by atoms with E-state index in [9.17, 15) is 13.2 Å². The maximum atomic E-state index is 12.1. The Kier molecular flexibility index (Phi) is 6.63. The molecule has 0 atom stereocenters. The molecule has 22 heavy (non-hydrogen) atoms. The lowest BCUT2D eigenvalue weighted by molar-refractivity contribution is 0.0205. The molecule has 124 valence electrons. The van der Waals surface area contributed by atoms with Crippen LogP contribution in [0.25, 0.3) is 0 Å². The van der Waals surface area contributed by atoms with Crippen LogP contribution in [0.1, 0.15) is 26.3 Å². The summed E-state index contributed by atoms with van der Waals surface area (Å²) in [6.45, 7) is 5.36. The van der Waals surface area contributed by atoms with Crippen molar-refractivity contribution in [2.45, 2.75) is 32.8 Å². The zero-order chi connectivity index (χ0) is 17.0. The van der Waals surface area contributed by atoms with E-state index >= 15 is 0 Å². The molecule has 0 saturated heterocycles. The number of ether oxygens (including phenoxy) is 1. The second-order valence-corrected chi connectivity index (χ2v) is 8.84. The summed E-state index contributed by atoms with van der Waals surface area (Å²) >= 11 is 2.21. The molecule has 0 unspecified atom stereocenters. The number of carbonyl (C=O) groups is 1. The minimum absolute atomic E-state index is 0.183. The number of hydrazine groups is 1. The van der Waals surface area contributed by atoms with Gasteiger partial charge >= 0.3 is 6.09 Å². The summed E-state index contributed by atoms with van der Waals surface area (Å²) in [6.07, 6.45) is 0.789. The third kappa shape index (κ3) is 7.95. The quantitative estimate of drug-likeness (QED) is 0.564. The van der Waals surface area contributed by atoms with Crippen LogP contribution in [0.4, 0.5) is 4.79 Å². The first kappa shape index (κ1) is 19.2. The number of hydrogen-bond donors (Lipinski definition) is 1. The number of halogens is 1. The van der Waals surface area contributed by atoms with E-state index in [0.717, 1.165) is 20.4 Å². The Labute approximate surface area is 145 Å². The van der Waals surface area contributed by atoms with Gasteiger partial charge in [0.15, 0.2) is 0 Å². The largest absolute Gasteiger partial charge is 0.443 e. The first-order valence-electron chi connectivity index (χ1n) is 6.69. The topological polar surface area (TPSA) is 75.7 Å². The van der Waals surface area contributed by atoms with Crippen LogP contribution in [0.2, 0.25) is 0 Å². The van der Waals surface area contributed by atoms with E-state index in [-0.39, 0.29) is 6.54 Å². The predicted octanol–water partition coefficient (Wildman–Crippen LogP) is 2.54. The third-order valence-electron chi connectivity index (χ3n) is 2.43. The number of rotatable bonds is 5. The van der Waals surface area contributed by atoms with E-state index in [0.29, 0.717) is 6.42 Å². The van der Waals surface area contributed by atoms with Crippen molar-refractivity contribution < 1.29 is 17.9 Å². The number of sulfonamides is 1. The zero-order valence-electron chi connectivity index (χ0n) is 13.1. The van der Waals surface area contributed by atoms with Crippen LogP contribution in [0.5, 0.6) is 0 Å². The van der Waals surface area contributed by atoms with Crippen molar-refractivity contribution in [3.8, 4) is 0 Å². The molecular weight excluding hydrogens is 419 g/mol. The SMILES string of the molecule is CC(C)(C)OC(=O)N(CCc1ccc(I)cc1)NS(C)(=O)=O. The molecule has 0 heterocycles. The third-order valence-corrected chi connectivity index (χ3v) is 3.70. The first-order chi connectivity index (χ1) is 9.96. The van der Waals surface area contributed by atoms with Gasteiger partial charge in [-0.3, -0.25) is 0 Å². The Morgan fingerprint density at radius 3 is 2.27 bits per heavy atom. The molecule has 1 aromatic carbocycles. The van der Waals surface area contributed by atoms with Crippen molar-refractivity contribution in [3.63, 3.8) is 0 Å². The molecule has 1 amide bonds. The Balaban J connectivity index is 2.77. The second-order valence-electron chi connectivity index (χ2n) is 5.87. The highest BCUT2D eigenvalue weighted by atomic mass is 127. The molecule has 0 fully saturated rings. The minimum Gasteiger partial charge on any atom is -0.443 e. The lowest BCUT2D eigenvalue weighted by Crippen LogP contribution is -2.48. The van der Waals surface area contributed by atoms with Crippen LogP contribution in [-0.2, 0) is 21.2 Å². The second kappa shape index (κ2) is 7.60. The van der Waals surface area contributed by atoms with Gasteiger partial charge in [0.25, 0.3) is 0 Å². The summed E-state index contributed by atoms with van der Waals surface area (Å²) in [7, 11) is -3.56. The normalized spacial score (nSPS) is 12.0. The highest BCUT2D eigenvalue weighted by Gasteiger charge is 2.24. The summed E-state index contributed by atoms with van der Waals surface area (Å²) < 4.78 is 29.1. The van der Waals surface area contributed by atoms with Gasteiger partial charge in [0, 0.05) is 10.1 Å². The molecule has 0 aliphatic heterocycles. The van der Waals surface area contributed by atoms with E-state index in [1.165, 1.54) is 0 Å². The smallest absolute Gasteiger partial charge is 0.425 e. The minimum atomic E-state index is -3.56. The summed E-state index contributed by atoms with van der Waals surface area (Å²) in [5, 5.41) is 0.985. The average Bonchev–Trinajstić information content (AvgIpc) is 2.33. The molecule has 1 rings (SSSR count). The molecular formula is C14H21IN2O4S. The molecule has 6 nitrogen and oxygen atoms in total. The molecule has 1 aromatic rings. The van der Waals surface area contributed by atoms with Gasteiger partial charge in [-0.2, -0.15) is 0 Å². The fourth-order valence-electron chi connectivity index (χ4n) is 1.58. The van der Waals surface area contributed by atoms with E-state index in [1.54, 1.807) is 20.8 Å². The monoisotopic (exact) mass is 440 g/mol. The highest BCUT2D eigenvalue weighted by Crippen LogP contribution is 2.11. The van der Waals surface area contributed by atoms with Crippen molar-refractivity contribution >= 4 is 38.7 Å². The van der Waals surface area contributed by atoms with Gasteiger partial charge in [-0.1, -0.05) is 12.1 Å². The summed E-state index contributed by atoms with van der Waals surface area (Å²) in [5.74, 6) is 0. The molecule has 0 aliphatic carbocycles. The lowest BCUT2D eigenvalue weighted by Gasteiger charge is -2.27. The number of hydrogen-bond acceptors (Lipinski definition) is 4. The molecule has 0 spiro atoms. The van der Waals surface area contributed by atoms with E-state index in [2.05, 4.69) is 27.4 Å². The molecule has 0 aliphatic rings. The van der Waals surface area contributed by atoms with Gasteiger partial charge in [-0.25, -0.2) is 18.2 Å². The number of benzene rings is 1. The number of nitrogens with one attached hydrogen (secondary N) is 1. The van der Waals surface area contributed by atoms with Crippen LogP contribution in [0, 0.1) is 3.57 Å². The summed E-state index contributed by atoms with van der Waals surface area (Å²) in [5.41, 5.74) is 0.307. The Bertz CT molecular complexity index is 609. The predicted molar refractivity (Wildman–Crippen MR) is 93.8 cm³/mol. The number of carbonyl (C=O) groups excluding carboxylic acids is 1. The fraction of sp³-hybridized carbons (Fsp3) is 0.500. The molecule has 0 bridgehead atoms. The van der Waals surface area contributed by atoms with Crippen LogP contribution in [0.15, 0.2) is 24.3 Å². The standard InChI is InChI=1S/C14H21IN2O4S/c1-14(2,3)21-13(18)17(16-22(4,19)20)10-9-11-5-7-12(15)8-6-11/h5-8,16H,9-10H2,1-4H3. The highest BCUT2D eigenvalue weighted by molar-refractivity contribution is 14.1. The Morgan fingerprint density at radius 2 is 1.82 bits per heavy atom. The van der Waals surface area contributed by atoms with E-state index < -0.39 is 21.7 Å². The molecule has 0 aromatic heterocycles. The van der Waals surface area contributed by atoms with Crippen molar-refractivity contribution in [1.82, 2.24) is 9.84 Å². The fourth-order valence-corrected chi connectivity index (χ4v) is 2.51. The van der Waals surface area contributed by atoms with Crippen LogP contribution in [-0.4, -0.2) is 37.9 Å². The van der Waals surface area contributed by atoms with E-state index in [4.69, 9.17) is 4.74 Å². The molecule has 1 N–H and O–H groups in total. The van der Waals surface area contributed by atoms with Gasteiger partial charge < -0.3 is 4.74 Å². The molecule has 0 radical (unpaired) electrons. The van der Waals surface area contributed by atoms with Gasteiger partial charge in [-0.15, -0.1) is 4.83 Å². The van der Waals surface area contributed by atoms with Gasteiger partial charge in [-0.05, 0) is 67.5 Å². The van der Waals surface area contributed by atoms with Crippen molar-refractivity contribution in [2.24, 2.45) is 0 Å². The van der Waals surface area contributed by atoms with Gasteiger partial charge in [0.2, 0.25) is 10.0 Å². The average molecular weight is 440 g/mol. The first-order valence-corrected chi connectivity index (χ1v) is 9.66. The Morgan fingerprint density at radius 1 is 1.27 bits per heavy atom. The molecule has 0 saturated carbocycles. The van der Waals surface area contributed by atoms with Crippen LogP contribution in [0.3, 0.4) is 0 Å². The van der Waals surface area contributed by atoms with Gasteiger partial charge in [0.1, 0.15) is 5.60 Å². The molecule has 8 heteroatoms. The maximum absolute atomic E-state index is 12.1. The number of nitrogens with zero attached hydrogens (tertiary/aromatic N) is 1. The van der Waals surface area contributed by atoms with Crippen LogP contribution >= 0.6 is 22.6 Å². The van der Waals surface area contributed by atoms with Crippen LogP contribution < -0.4 is 4.83 Å². The lowest BCUT2D eigenvalue weighted by atomic mass is 10.1. The van der Waals surface area contributed by atoms with Crippen molar-refractivity contribution in [1.29, 1.82) is 0 Å². The van der Waals surface area contributed by atoms with Crippen molar-refractivity contribution in [2.75, 3.05) is 12.8 Å². The summed E-state index contributed by atoms with van der Waals surface area (Å²) in [6, 6.07) is 7.79. The number of amides is 1. The maximum Gasteiger partial charge on any atom is 0.425 e. The summed E-state index contributed by atoms with van der Waals surface area (Å²) in [4.78, 5) is 14.3. The Hall–Kier alpha value is -0.870. The zero-order valence-corrected chi connectivity index (χ0v) is 16.1. The van der Waals surface area contributed by atoms with Crippen molar-refractivity contribution in [3.05, 3.63) is 33.4 Å². The van der Waals surface area contributed by atoms with E-state index in [1.807, 2.05) is 24.3 Å².